The Morgan fingerprint density at radius 2 is 1.95 bits per heavy atom. The Labute approximate surface area is 103 Å². The average molecular weight is 303 g/mol. The first-order valence-electron chi connectivity index (χ1n) is 4.60. The number of rotatable bonds is 4. The number of aromatic amines is 2. The molecule has 1 unspecified atom stereocenters. The van der Waals surface area contributed by atoms with E-state index in [0.29, 0.717) is 6.20 Å². The van der Waals surface area contributed by atoms with Crippen molar-refractivity contribution in [2.75, 3.05) is 6.54 Å². The van der Waals surface area contributed by atoms with Gasteiger partial charge in [-0.2, -0.15) is 13.2 Å². The number of halogens is 3. The van der Waals surface area contributed by atoms with Crippen LogP contribution in [-0.4, -0.2) is 42.3 Å². The Morgan fingerprint density at radius 3 is 2.42 bits per heavy atom. The van der Waals surface area contributed by atoms with E-state index in [9.17, 15) is 31.2 Å². The zero-order valence-electron chi connectivity index (χ0n) is 8.98. The van der Waals surface area contributed by atoms with E-state index in [0.717, 1.165) is 0 Å². The molecule has 8 nitrogen and oxygen atoms in total. The number of aromatic nitrogens is 2. The Balaban J connectivity index is 2.94. The van der Waals surface area contributed by atoms with Gasteiger partial charge in [-0.05, 0) is 0 Å². The van der Waals surface area contributed by atoms with Crippen LogP contribution < -0.4 is 16.0 Å². The molecule has 0 aliphatic carbocycles. The molecule has 0 aliphatic rings. The van der Waals surface area contributed by atoms with Crippen molar-refractivity contribution < 1.29 is 26.7 Å². The van der Waals surface area contributed by atoms with E-state index in [1.165, 1.54) is 4.72 Å². The number of aliphatic hydroxyl groups is 1. The topological polar surface area (TPSA) is 132 Å². The second-order valence-corrected chi connectivity index (χ2v) is 5.08. The summed E-state index contributed by atoms with van der Waals surface area (Å²) >= 11 is 0. The molecular formula is C7H8F3N3O5S. The van der Waals surface area contributed by atoms with Crippen LogP contribution >= 0.6 is 0 Å². The molecule has 0 radical (unpaired) electrons. The number of hydrogen-bond acceptors (Lipinski definition) is 5. The first-order valence-corrected chi connectivity index (χ1v) is 6.09. The van der Waals surface area contributed by atoms with E-state index in [1.807, 2.05) is 4.98 Å². The summed E-state index contributed by atoms with van der Waals surface area (Å²) in [6, 6.07) is 0. The van der Waals surface area contributed by atoms with Gasteiger partial charge >= 0.3 is 11.9 Å². The minimum Gasteiger partial charge on any atom is -0.382 e. The van der Waals surface area contributed by atoms with Gasteiger partial charge in [-0.15, -0.1) is 0 Å². The van der Waals surface area contributed by atoms with Crippen LogP contribution in [-0.2, 0) is 10.0 Å². The molecule has 1 rings (SSSR count). The van der Waals surface area contributed by atoms with Gasteiger partial charge in [0.1, 0.15) is 0 Å². The molecule has 19 heavy (non-hydrogen) atoms. The highest BCUT2D eigenvalue weighted by Gasteiger charge is 2.38. The third kappa shape index (κ3) is 3.90. The van der Waals surface area contributed by atoms with Crippen LogP contribution in [0.5, 0.6) is 0 Å². The molecule has 4 N–H and O–H groups in total. The highest BCUT2D eigenvalue weighted by molar-refractivity contribution is 7.89. The van der Waals surface area contributed by atoms with Crippen molar-refractivity contribution >= 4 is 10.0 Å². The van der Waals surface area contributed by atoms with Crippen molar-refractivity contribution in [1.29, 1.82) is 0 Å². The predicted octanol–water partition coefficient (Wildman–Crippen LogP) is -1.74. The SMILES string of the molecule is O=c1[nH]cc(S(=O)(=O)NCC(O)C(F)(F)F)c(=O)[nH]1. The summed E-state index contributed by atoms with van der Waals surface area (Å²) in [6.07, 6.45) is -7.38. The van der Waals surface area contributed by atoms with Gasteiger partial charge in [0.2, 0.25) is 10.0 Å². The monoisotopic (exact) mass is 303 g/mol. The van der Waals surface area contributed by atoms with Crippen LogP contribution in [0.25, 0.3) is 0 Å². The maximum absolute atomic E-state index is 12.0. The summed E-state index contributed by atoms with van der Waals surface area (Å²) in [5.41, 5.74) is -2.27. The van der Waals surface area contributed by atoms with Crippen LogP contribution in [0.15, 0.2) is 20.7 Å². The number of alkyl halides is 3. The molecule has 0 saturated carbocycles. The summed E-state index contributed by atoms with van der Waals surface area (Å²) in [5.74, 6) is 0. The molecule has 1 aromatic rings. The molecule has 12 heteroatoms. The van der Waals surface area contributed by atoms with Crippen molar-refractivity contribution in [1.82, 2.24) is 14.7 Å². The number of aliphatic hydroxyl groups excluding tert-OH is 1. The van der Waals surface area contributed by atoms with Gasteiger partial charge in [0.25, 0.3) is 5.56 Å². The first-order chi connectivity index (χ1) is 8.54. The predicted molar refractivity (Wildman–Crippen MR) is 54.9 cm³/mol. The quantitative estimate of drug-likeness (QED) is 0.524. The molecule has 0 amide bonds. The van der Waals surface area contributed by atoms with Crippen LogP contribution in [0.3, 0.4) is 0 Å². The molecular weight excluding hydrogens is 295 g/mol. The lowest BCUT2D eigenvalue weighted by Crippen LogP contribution is -2.42. The van der Waals surface area contributed by atoms with Gasteiger partial charge < -0.3 is 10.1 Å². The first kappa shape index (κ1) is 15.4. The van der Waals surface area contributed by atoms with Crippen molar-refractivity contribution in [3.8, 4) is 0 Å². The smallest absolute Gasteiger partial charge is 0.382 e. The second kappa shape index (κ2) is 5.14. The number of sulfonamides is 1. The molecule has 0 aromatic carbocycles. The van der Waals surface area contributed by atoms with E-state index >= 15 is 0 Å². The van der Waals surface area contributed by atoms with Crippen molar-refractivity contribution in [2.45, 2.75) is 17.2 Å². The maximum atomic E-state index is 12.0. The number of nitrogens with one attached hydrogen (secondary N) is 3. The fraction of sp³-hybridized carbons (Fsp3) is 0.429. The Morgan fingerprint density at radius 1 is 1.37 bits per heavy atom. The van der Waals surface area contributed by atoms with Crippen LogP contribution in [0, 0.1) is 0 Å². The van der Waals surface area contributed by atoms with E-state index < -0.39 is 45.0 Å². The lowest BCUT2D eigenvalue weighted by atomic mass is 10.4. The lowest BCUT2D eigenvalue weighted by Gasteiger charge is -2.14. The molecule has 1 atom stereocenters. The van der Waals surface area contributed by atoms with E-state index in [2.05, 4.69) is 0 Å². The van der Waals surface area contributed by atoms with Crippen molar-refractivity contribution in [2.24, 2.45) is 0 Å². The number of H-pyrrole nitrogens is 2. The normalized spacial score (nSPS) is 14.3. The van der Waals surface area contributed by atoms with Gasteiger partial charge in [-0.3, -0.25) is 9.78 Å². The molecule has 0 saturated heterocycles. The number of hydrogen-bond donors (Lipinski definition) is 4. The highest BCUT2D eigenvalue weighted by Crippen LogP contribution is 2.19. The standard InChI is InChI=1S/C7H8F3N3O5S/c8-7(9,10)4(14)2-12-19(17,18)3-1-11-6(16)13-5(3)15/h1,4,12,14H,2H2,(H2,11,13,15,16). The van der Waals surface area contributed by atoms with Crippen LogP contribution in [0.4, 0.5) is 13.2 Å². The van der Waals surface area contributed by atoms with Crippen molar-refractivity contribution in [3.05, 3.63) is 27.0 Å². The molecule has 0 spiro atoms. The highest BCUT2D eigenvalue weighted by atomic mass is 32.2. The minimum atomic E-state index is -5.00. The zero-order chi connectivity index (χ0) is 14.8. The molecule has 1 heterocycles. The third-order valence-corrected chi connectivity index (χ3v) is 3.35. The van der Waals surface area contributed by atoms with Crippen molar-refractivity contribution in [3.63, 3.8) is 0 Å². The van der Waals surface area contributed by atoms with Gasteiger partial charge in [-0.25, -0.2) is 17.9 Å². The fourth-order valence-electron chi connectivity index (χ4n) is 0.979. The summed E-state index contributed by atoms with van der Waals surface area (Å²) in [6.45, 7) is -1.36. The second-order valence-electron chi connectivity index (χ2n) is 3.35. The van der Waals surface area contributed by atoms with Gasteiger partial charge in [-0.1, -0.05) is 0 Å². The Hall–Kier alpha value is -1.66. The molecule has 1 aromatic heterocycles. The summed E-state index contributed by atoms with van der Waals surface area (Å²) < 4.78 is 60.2. The summed E-state index contributed by atoms with van der Waals surface area (Å²) in [5, 5.41) is 8.61. The van der Waals surface area contributed by atoms with Gasteiger partial charge in [0.05, 0.1) is 0 Å². The van der Waals surface area contributed by atoms with Gasteiger partial charge in [0.15, 0.2) is 11.0 Å². The summed E-state index contributed by atoms with van der Waals surface area (Å²) in [4.78, 5) is 24.3. The van der Waals surface area contributed by atoms with E-state index in [1.54, 1.807) is 4.98 Å². The van der Waals surface area contributed by atoms with Gasteiger partial charge in [0, 0.05) is 12.7 Å². The zero-order valence-corrected chi connectivity index (χ0v) is 9.80. The fourth-order valence-corrected chi connectivity index (χ4v) is 2.02. The van der Waals surface area contributed by atoms with E-state index in [-0.39, 0.29) is 0 Å². The molecule has 108 valence electrons. The maximum Gasteiger partial charge on any atom is 0.415 e. The molecule has 0 aliphatic heterocycles. The summed E-state index contributed by atoms with van der Waals surface area (Å²) in [7, 11) is -4.59. The third-order valence-electron chi connectivity index (χ3n) is 1.92. The largest absolute Gasteiger partial charge is 0.415 e. The molecule has 0 fully saturated rings. The van der Waals surface area contributed by atoms with Crippen LogP contribution in [0.2, 0.25) is 0 Å². The lowest BCUT2D eigenvalue weighted by molar-refractivity contribution is -0.200. The Bertz CT molecular complexity index is 662. The van der Waals surface area contributed by atoms with E-state index in [4.69, 9.17) is 5.11 Å². The average Bonchev–Trinajstić information content (AvgIpc) is 2.24. The molecule has 0 bridgehead atoms. The minimum absolute atomic E-state index is 0.531. The van der Waals surface area contributed by atoms with Crippen LogP contribution in [0.1, 0.15) is 0 Å². The Kier molecular flexibility index (Phi) is 4.17.